The van der Waals surface area contributed by atoms with E-state index in [9.17, 15) is 8.42 Å². The van der Waals surface area contributed by atoms with E-state index in [1.807, 2.05) is 32.9 Å². The summed E-state index contributed by atoms with van der Waals surface area (Å²) in [7, 11) is -2.06. The minimum absolute atomic E-state index is 0.263. The number of hydrogen-bond donors (Lipinski definition) is 0. The lowest BCUT2D eigenvalue weighted by Gasteiger charge is -2.35. The largest absolute Gasteiger partial charge is 0.497 e. The first-order valence-electron chi connectivity index (χ1n) is 9.50. The lowest BCUT2D eigenvalue weighted by atomic mass is 9.94. The highest BCUT2D eigenvalue weighted by molar-refractivity contribution is 7.89. The number of rotatable bonds is 7. The Labute approximate surface area is 167 Å². The van der Waals surface area contributed by atoms with Crippen LogP contribution in [0.3, 0.4) is 0 Å². The number of nitrogens with zero attached hydrogens (tertiary/aromatic N) is 1. The molecule has 0 aliphatic carbocycles. The van der Waals surface area contributed by atoms with Crippen molar-refractivity contribution in [3.8, 4) is 17.2 Å². The van der Waals surface area contributed by atoms with E-state index in [-0.39, 0.29) is 10.9 Å². The van der Waals surface area contributed by atoms with Crippen LogP contribution >= 0.6 is 0 Å². The van der Waals surface area contributed by atoms with Crippen LogP contribution in [0.2, 0.25) is 0 Å². The highest BCUT2D eigenvalue weighted by atomic mass is 32.2. The monoisotopic (exact) mass is 405 g/mol. The maximum atomic E-state index is 13.2. The number of hydrogen-bond acceptors (Lipinski definition) is 5. The zero-order valence-electron chi connectivity index (χ0n) is 16.8. The van der Waals surface area contributed by atoms with Gasteiger partial charge < -0.3 is 14.2 Å². The summed E-state index contributed by atoms with van der Waals surface area (Å²) in [6.07, 6.45) is 0.627. The first-order valence-corrected chi connectivity index (χ1v) is 10.9. The molecule has 0 amide bonds. The zero-order valence-corrected chi connectivity index (χ0v) is 17.6. The van der Waals surface area contributed by atoms with Crippen molar-refractivity contribution in [3.63, 3.8) is 0 Å². The van der Waals surface area contributed by atoms with Crippen molar-refractivity contribution in [2.45, 2.75) is 38.1 Å². The second-order valence-corrected chi connectivity index (χ2v) is 8.47. The molecule has 0 saturated heterocycles. The smallest absolute Gasteiger partial charge is 0.243 e. The molecule has 0 bridgehead atoms. The molecule has 2 aromatic carbocycles. The molecule has 0 spiro atoms. The third-order valence-corrected chi connectivity index (χ3v) is 6.94. The van der Waals surface area contributed by atoms with Gasteiger partial charge in [-0.3, -0.25) is 0 Å². The van der Waals surface area contributed by atoms with E-state index in [0.29, 0.717) is 43.4 Å². The van der Waals surface area contributed by atoms with Crippen LogP contribution in [0.4, 0.5) is 0 Å². The second-order valence-electron chi connectivity index (χ2n) is 6.58. The van der Waals surface area contributed by atoms with E-state index >= 15 is 0 Å². The van der Waals surface area contributed by atoms with Crippen molar-refractivity contribution in [1.82, 2.24) is 4.31 Å². The maximum absolute atomic E-state index is 13.2. The number of methoxy groups -OCH3 is 1. The molecule has 2 aromatic rings. The van der Waals surface area contributed by atoms with Crippen LogP contribution in [0.15, 0.2) is 41.3 Å². The zero-order chi connectivity index (χ0) is 20.3. The van der Waals surface area contributed by atoms with Gasteiger partial charge in [-0.05, 0) is 74.7 Å². The molecule has 3 rings (SSSR count). The second kappa shape index (κ2) is 8.41. The van der Waals surface area contributed by atoms with Gasteiger partial charge in [0, 0.05) is 12.6 Å². The Balaban J connectivity index is 1.96. The topological polar surface area (TPSA) is 65.1 Å². The average molecular weight is 406 g/mol. The third-order valence-electron chi connectivity index (χ3n) is 4.95. The van der Waals surface area contributed by atoms with Gasteiger partial charge in [-0.1, -0.05) is 0 Å². The van der Waals surface area contributed by atoms with Gasteiger partial charge in [-0.25, -0.2) is 8.42 Å². The molecule has 1 aliphatic rings. The van der Waals surface area contributed by atoms with Gasteiger partial charge in [0.1, 0.15) is 5.75 Å². The Hall–Kier alpha value is -2.25. The summed E-state index contributed by atoms with van der Waals surface area (Å²) in [4.78, 5) is 0.263. The van der Waals surface area contributed by atoms with Crippen molar-refractivity contribution in [2.24, 2.45) is 0 Å². The third kappa shape index (κ3) is 3.82. The molecule has 0 fully saturated rings. The molecule has 0 saturated carbocycles. The molecule has 6 nitrogen and oxygen atoms in total. The molecule has 1 atom stereocenters. The number of sulfonamides is 1. The van der Waals surface area contributed by atoms with Gasteiger partial charge in [-0.2, -0.15) is 4.31 Å². The van der Waals surface area contributed by atoms with Gasteiger partial charge in [0.15, 0.2) is 11.5 Å². The van der Waals surface area contributed by atoms with Gasteiger partial charge in [0.05, 0.1) is 25.2 Å². The van der Waals surface area contributed by atoms with E-state index in [2.05, 4.69) is 0 Å². The summed E-state index contributed by atoms with van der Waals surface area (Å²) in [5, 5.41) is 0. The van der Waals surface area contributed by atoms with Crippen LogP contribution in [0.25, 0.3) is 0 Å². The fourth-order valence-electron chi connectivity index (χ4n) is 3.55. The summed E-state index contributed by atoms with van der Waals surface area (Å²) in [6.45, 7) is 7.24. The van der Waals surface area contributed by atoms with Crippen LogP contribution in [0.1, 0.15) is 37.9 Å². The summed E-state index contributed by atoms with van der Waals surface area (Å²) in [5.74, 6) is 1.99. The molecule has 7 heteroatoms. The highest BCUT2D eigenvalue weighted by Crippen LogP contribution is 2.40. The first-order chi connectivity index (χ1) is 13.4. The number of ether oxygens (including phenoxy) is 3. The standard InChI is InChI=1S/C21H27NO5S/c1-5-26-20-13-16-11-12-22(15(3)19(16)14-21(20)27-6-2)28(23,24)18-9-7-17(25-4)8-10-18/h7-10,13-15H,5-6,11-12H2,1-4H3. The molecule has 0 radical (unpaired) electrons. The molecule has 152 valence electrons. The normalized spacial score (nSPS) is 17.1. The van der Waals surface area contributed by atoms with Crippen molar-refractivity contribution >= 4 is 10.0 Å². The fourth-order valence-corrected chi connectivity index (χ4v) is 5.16. The van der Waals surface area contributed by atoms with Crippen molar-refractivity contribution in [3.05, 3.63) is 47.5 Å². The molecule has 28 heavy (non-hydrogen) atoms. The Morgan fingerprint density at radius 2 is 1.64 bits per heavy atom. The molecule has 1 aliphatic heterocycles. The molecule has 1 heterocycles. The van der Waals surface area contributed by atoms with Gasteiger partial charge >= 0.3 is 0 Å². The Morgan fingerprint density at radius 3 is 2.21 bits per heavy atom. The lowest BCUT2D eigenvalue weighted by molar-refractivity contribution is 0.282. The van der Waals surface area contributed by atoms with Crippen LogP contribution in [0.5, 0.6) is 17.2 Å². The Kier molecular flexibility index (Phi) is 6.15. The molecule has 0 aromatic heterocycles. The van der Waals surface area contributed by atoms with E-state index in [1.165, 1.54) is 0 Å². The molecular weight excluding hydrogens is 378 g/mol. The average Bonchev–Trinajstić information content (AvgIpc) is 2.69. The lowest BCUT2D eigenvalue weighted by Crippen LogP contribution is -2.38. The predicted molar refractivity (Wildman–Crippen MR) is 108 cm³/mol. The van der Waals surface area contributed by atoms with Gasteiger partial charge in [0.2, 0.25) is 10.0 Å². The first kappa shape index (κ1) is 20.5. The predicted octanol–water partition coefficient (Wildman–Crippen LogP) is 3.80. The summed E-state index contributed by atoms with van der Waals surface area (Å²) >= 11 is 0. The minimum Gasteiger partial charge on any atom is -0.497 e. The van der Waals surface area contributed by atoms with Crippen LogP contribution in [-0.2, 0) is 16.4 Å². The Morgan fingerprint density at radius 1 is 1.04 bits per heavy atom. The molecular formula is C21H27NO5S. The van der Waals surface area contributed by atoms with E-state index < -0.39 is 10.0 Å². The minimum atomic E-state index is -3.62. The van der Waals surface area contributed by atoms with E-state index in [4.69, 9.17) is 14.2 Å². The molecule has 0 N–H and O–H groups in total. The number of benzene rings is 2. The van der Waals surface area contributed by atoms with Crippen LogP contribution in [-0.4, -0.2) is 39.6 Å². The van der Waals surface area contributed by atoms with Crippen molar-refractivity contribution in [1.29, 1.82) is 0 Å². The SMILES string of the molecule is CCOc1cc2c(cc1OCC)C(C)N(S(=O)(=O)c1ccc(OC)cc1)CC2. The van der Waals surface area contributed by atoms with E-state index in [1.54, 1.807) is 35.7 Å². The van der Waals surface area contributed by atoms with Gasteiger partial charge in [0.25, 0.3) is 0 Å². The summed E-state index contributed by atoms with van der Waals surface area (Å²) in [6, 6.07) is 10.1. The number of fused-ring (bicyclic) bond motifs is 1. The highest BCUT2D eigenvalue weighted by Gasteiger charge is 2.34. The summed E-state index contributed by atoms with van der Waals surface area (Å²) < 4.78 is 44.5. The van der Waals surface area contributed by atoms with Crippen LogP contribution < -0.4 is 14.2 Å². The van der Waals surface area contributed by atoms with E-state index in [0.717, 1.165) is 11.1 Å². The fraction of sp³-hybridized carbons (Fsp3) is 0.429. The van der Waals surface area contributed by atoms with Crippen molar-refractivity contribution < 1.29 is 22.6 Å². The quantitative estimate of drug-likeness (QED) is 0.701. The Bertz CT molecular complexity index is 925. The molecule has 1 unspecified atom stereocenters. The maximum Gasteiger partial charge on any atom is 0.243 e. The van der Waals surface area contributed by atoms with Gasteiger partial charge in [-0.15, -0.1) is 0 Å². The van der Waals surface area contributed by atoms with Crippen LogP contribution in [0, 0.1) is 0 Å². The summed E-state index contributed by atoms with van der Waals surface area (Å²) in [5.41, 5.74) is 2.05. The van der Waals surface area contributed by atoms with Crippen molar-refractivity contribution in [2.75, 3.05) is 26.9 Å².